The summed E-state index contributed by atoms with van der Waals surface area (Å²) in [7, 11) is 0. The van der Waals surface area contributed by atoms with Gasteiger partial charge in [-0.05, 0) is 11.8 Å². The van der Waals surface area contributed by atoms with Gasteiger partial charge in [0, 0.05) is 0 Å². The summed E-state index contributed by atoms with van der Waals surface area (Å²) in [5, 5.41) is 0. The maximum Gasteiger partial charge on any atom is 0.306 e. The van der Waals surface area contributed by atoms with Crippen LogP contribution in [0, 0.1) is 11.8 Å². The zero-order valence-electron chi connectivity index (χ0n) is 12.0. The predicted octanol–water partition coefficient (Wildman–Crippen LogP) is 2.95. The van der Waals surface area contributed by atoms with Crippen molar-refractivity contribution in [3.63, 3.8) is 0 Å². The van der Waals surface area contributed by atoms with Gasteiger partial charge in [-0.2, -0.15) is 0 Å². The largest absolute Gasteiger partial charge is 0.465 e. The van der Waals surface area contributed by atoms with Crippen molar-refractivity contribution < 1.29 is 19.1 Å². The van der Waals surface area contributed by atoms with E-state index in [4.69, 9.17) is 9.47 Å². The van der Waals surface area contributed by atoms with Gasteiger partial charge in [0.1, 0.15) is 0 Å². The maximum absolute atomic E-state index is 11.3. The molecular weight excluding hydrogens is 232 g/mol. The van der Waals surface area contributed by atoms with Gasteiger partial charge >= 0.3 is 11.9 Å². The summed E-state index contributed by atoms with van der Waals surface area (Å²) >= 11 is 0. The lowest BCUT2D eigenvalue weighted by Crippen LogP contribution is -2.15. The smallest absolute Gasteiger partial charge is 0.306 e. The molecule has 0 bridgehead atoms. The molecule has 0 aromatic heterocycles. The molecule has 0 aliphatic carbocycles. The molecule has 0 aromatic rings. The lowest BCUT2D eigenvalue weighted by atomic mass is 10.1. The SMILES string of the molecule is CC[C@H](C)COC(=O)CCC(=O)OC[C@@H](C)CC. The van der Waals surface area contributed by atoms with Crippen molar-refractivity contribution in [1.82, 2.24) is 0 Å². The second-order valence-electron chi connectivity index (χ2n) is 4.89. The van der Waals surface area contributed by atoms with Gasteiger partial charge in [0.05, 0.1) is 26.1 Å². The lowest BCUT2D eigenvalue weighted by Gasteiger charge is -2.10. The van der Waals surface area contributed by atoms with Gasteiger partial charge in [-0.15, -0.1) is 0 Å². The van der Waals surface area contributed by atoms with Crippen LogP contribution in [-0.4, -0.2) is 25.2 Å². The maximum atomic E-state index is 11.3. The molecule has 0 radical (unpaired) electrons. The molecule has 4 nitrogen and oxygen atoms in total. The van der Waals surface area contributed by atoms with Crippen LogP contribution < -0.4 is 0 Å². The molecule has 0 aromatic carbocycles. The molecule has 0 aliphatic rings. The van der Waals surface area contributed by atoms with Crippen LogP contribution in [0.3, 0.4) is 0 Å². The first-order valence-corrected chi connectivity index (χ1v) is 6.80. The standard InChI is InChI=1S/C14H26O4/c1-5-11(3)9-17-13(15)7-8-14(16)18-10-12(4)6-2/h11-12H,5-10H2,1-4H3/t11-,12-/m0/s1. The van der Waals surface area contributed by atoms with Gasteiger partial charge in [-0.3, -0.25) is 9.59 Å². The van der Waals surface area contributed by atoms with E-state index in [1.54, 1.807) is 0 Å². The second kappa shape index (κ2) is 9.92. The van der Waals surface area contributed by atoms with E-state index in [0.717, 1.165) is 12.8 Å². The normalized spacial score (nSPS) is 13.8. The van der Waals surface area contributed by atoms with Gasteiger partial charge in [0.25, 0.3) is 0 Å². The number of carbonyl (C=O) groups is 2. The Morgan fingerprint density at radius 2 is 1.17 bits per heavy atom. The van der Waals surface area contributed by atoms with E-state index < -0.39 is 0 Å². The summed E-state index contributed by atoms with van der Waals surface area (Å²) in [4.78, 5) is 22.7. The van der Waals surface area contributed by atoms with Crippen LogP contribution in [0.1, 0.15) is 53.4 Å². The number of ether oxygens (including phenoxy) is 2. The van der Waals surface area contributed by atoms with E-state index in [9.17, 15) is 9.59 Å². The first-order chi connectivity index (χ1) is 8.49. The molecule has 0 saturated heterocycles. The van der Waals surface area contributed by atoms with Gasteiger partial charge in [-0.1, -0.05) is 40.5 Å². The Kier molecular flexibility index (Phi) is 9.33. The fourth-order valence-electron chi connectivity index (χ4n) is 1.05. The molecule has 0 heterocycles. The highest BCUT2D eigenvalue weighted by molar-refractivity contribution is 5.77. The summed E-state index contributed by atoms with van der Waals surface area (Å²) in [6, 6.07) is 0. The number of carbonyl (C=O) groups excluding carboxylic acids is 2. The molecule has 0 aliphatic heterocycles. The van der Waals surface area contributed by atoms with Crippen molar-refractivity contribution >= 4 is 11.9 Å². The molecule has 106 valence electrons. The number of hydrogen-bond donors (Lipinski definition) is 0. The average molecular weight is 258 g/mol. The highest BCUT2D eigenvalue weighted by atomic mass is 16.5. The molecule has 18 heavy (non-hydrogen) atoms. The third-order valence-corrected chi connectivity index (χ3v) is 2.98. The molecule has 2 atom stereocenters. The molecule has 0 saturated carbocycles. The van der Waals surface area contributed by atoms with Crippen LogP contribution in [0.5, 0.6) is 0 Å². The van der Waals surface area contributed by atoms with E-state index in [0.29, 0.717) is 25.0 Å². The third kappa shape index (κ3) is 9.02. The summed E-state index contributed by atoms with van der Waals surface area (Å²) in [6.45, 7) is 8.99. The van der Waals surface area contributed by atoms with Crippen molar-refractivity contribution in [1.29, 1.82) is 0 Å². The molecule has 0 rings (SSSR count). The Morgan fingerprint density at radius 3 is 1.44 bits per heavy atom. The van der Waals surface area contributed by atoms with Crippen molar-refractivity contribution in [3.05, 3.63) is 0 Å². The van der Waals surface area contributed by atoms with E-state index in [1.807, 2.05) is 27.7 Å². The highest BCUT2D eigenvalue weighted by Gasteiger charge is 2.11. The van der Waals surface area contributed by atoms with Crippen LogP contribution in [0.15, 0.2) is 0 Å². The van der Waals surface area contributed by atoms with Crippen molar-refractivity contribution in [3.8, 4) is 0 Å². The summed E-state index contributed by atoms with van der Waals surface area (Å²) in [5.41, 5.74) is 0. The Hall–Kier alpha value is -1.06. The monoisotopic (exact) mass is 258 g/mol. The first kappa shape index (κ1) is 16.9. The average Bonchev–Trinajstić information content (AvgIpc) is 2.39. The van der Waals surface area contributed by atoms with Crippen molar-refractivity contribution in [2.45, 2.75) is 53.4 Å². The number of rotatable bonds is 9. The summed E-state index contributed by atoms with van der Waals surface area (Å²) in [6.07, 6.45) is 2.17. The molecule has 0 unspecified atom stereocenters. The van der Waals surface area contributed by atoms with Crippen LogP contribution in [0.4, 0.5) is 0 Å². The van der Waals surface area contributed by atoms with Crippen LogP contribution in [0.2, 0.25) is 0 Å². The van der Waals surface area contributed by atoms with E-state index in [-0.39, 0.29) is 24.8 Å². The summed E-state index contributed by atoms with van der Waals surface area (Å²) in [5.74, 6) is 0.0872. The quantitative estimate of drug-likeness (QED) is 0.597. The van der Waals surface area contributed by atoms with Gasteiger partial charge < -0.3 is 9.47 Å². The molecule has 0 N–H and O–H groups in total. The van der Waals surface area contributed by atoms with Crippen LogP contribution in [-0.2, 0) is 19.1 Å². The Bertz CT molecular complexity index is 224. The Balaban J connectivity index is 3.62. The molecular formula is C14H26O4. The zero-order valence-corrected chi connectivity index (χ0v) is 12.0. The second-order valence-corrected chi connectivity index (χ2v) is 4.89. The predicted molar refractivity (Wildman–Crippen MR) is 70.1 cm³/mol. The van der Waals surface area contributed by atoms with Crippen molar-refractivity contribution in [2.24, 2.45) is 11.8 Å². The number of esters is 2. The third-order valence-electron chi connectivity index (χ3n) is 2.98. The highest BCUT2D eigenvalue weighted by Crippen LogP contribution is 2.05. The van der Waals surface area contributed by atoms with Gasteiger partial charge in [0.2, 0.25) is 0 Å². The molecule has 4 heteroatoms. The minimum atomic E-state index is -0.323. The Morgan fingerprint density at radius 1 is 0.833 bits per heavy atom. The molecule has 0 spiro atoms. The topological polar surface area (TPSA) is 52.6 Å². The van der Waals surface area contributed by atoms with Crippen LogP contribution >= 0.6 is 0 Å². The fourth-order valence-corrected chi connectivity index (χ4v) is 1.05. The molecule has 0 amide bonds. The van der Waals surface area contributed by atoms with Crippen LogP contribution in [0.25, 0.3) is 0 Å². The van der Waals surface area contributed by atoms with E-state index >= 15 is 0 Å². The van der Waals surface area contributed by atoms with E-state index in [1.165, 1.54) is 0 Å². The molecule has 0 fully saturated rings. The first-order valence-electron chi connectivity index (χ1n) is 6.80. The van der Waals surface area contributed by atoms with Gasteiger partial charge in [-0.25, -0.2) is 0 Å². The minimum Gasteiger partial charge on any atom is -0.465 e. The summed E-state index contributed by atoms with van der Waals surface area (Å²) < 4.78 is 10.1. The zero-order chi connectivity index (χ0) is 14.0. The van der Waals surface area contributed by atoms with E-state index in [2.05, 4.69) is 0 Å². The van der Waals surface area contributed by atoms with Crippen molar-refractivity contribution in [2.75, 3.05) is 13.2 Å². The number of hydrogen-bond acceptors (Lipinski definition) is 4. The Labute approximate surface area is 110 Å². The lowest BCUT2D eigenvalue weighted by molar-refractivity contribution is -0.151. The van der Waals surface area contributed by atoms with Gasteiger partial charge in [0.15, 0.2) is 0 Å². The minimum absolute atomic E-state index is 0.107. The fraction of sp³-hybridized carbons (Fsp3) is 0.857.